The van der Waals surface area contributed by atoms with Crippen molar-refractivity contribution in [2.24, 2.45) is 0 Å². The van der Waals surface area contributed by atoms with Crippen LogP contribution in [0.15, 0.2) is 66.1 Å². The fourth-order valence-corrected chi connectivity index (χ4v) is 3.46. The highest BCUT2D eigenvalue weighted by molar-refractivity contribution is 8.18. The lowest BCUT2D eigenvalue weighted by atomic mass is 10.2. The molecule has 0 unspecified atom stereocenters. The quantitative estimate of drug-likeness (QED) is 0.548. The number of amides is 3. The number of imide groups is 1. The minimum atomic E-state index is -0.489. The van der Waals surface area contributed by atoms with E-state index >= 15 is 0 Å². The second-order valence-corrected chi connectivity index (χ2v) is 7.35. The van der Waals surface area contributed by atoms with Gasteiger partial charge in [0.25, 0.3) is 11.1 Å². The Bertz CT molecular complexity index is 983. The molecule has 1 aliphatic rings. The van der Waals surface area contributed by atoms with E-state index in [2.05, 4.69) is 11.9 Å². The van der Waals surface area contributed by atoms with Crippen molar-refractivity contribution in [1.29, 1.82) is 0 Å². The van der Waals surface area contributed by atoms with E-state index < -0.39 is 17.1 Å². The molecule has 0 radical (unpaired) electrons. The van der Waals surface area contributed by atoms with Gasteiger partial charge in [0.2, 0.25) is 5.91 Å². The molecule has 1 aliphatic heterocycles. The van der Waals surface area contributed by atoms with E-state index in [1.165, 1.54) is 0 Å². The van der Waals surface area contributed by atoms with E-state index in [9.17, 15) is 14.4 Å². The second kappa shape index (κ2) is 9.25. The summed E-state index contributed by atoms with van der Waals surface area (Å²) < 4.78 is 5.48. The molecule has 3 amide bonds. The maximum atomic E-state index is 12.6. The van der Waals surface area contributed by atoms with Gasteiger partial charge >= 0.3 is 0 Å². The van der Waals surface area contributed by atoms with E-state index in [0.717, 1.165) is 27.8 Å². The van der Waals surface area contributed by atoms with Crippen LogP contribution in [0.2, 0.25) is 0 Å². The molecule has 2 aromatic carbocycles. The van der Waals surface area contributed by atoms with E-state index in [1.54, 1.807) is 48.6 Å². The Labute approximate surface area is 173 Å². The van der Waals surface area contributed by atoms with Gasteiger partial charge in [-0.25, -0.2) is 0 Å². The van der Waals surface area contributed by atoms with Crippen molar-refractivity contribution in [1.82, 2.24) is 4.90 Å². The molecule has 7 heteroatoms. The highest BCUT2D eigenvalue weighted by Crippen LogP contribution is 2.32. The van der Waals surface area contributed by atoms with E-state index in [-0.39, 0.29) is 11.4 Å². The molecular weight excluding hydrogens is 388 g/mol. The molecule has 0 saturated carbocycles. The molecule has 0 bridgehead atoms. The molecule has 1 fully saturated rings. The number of ether oxygens (including phenoxy) is 1. The fourth-order valence-electron chi connectivity index (χ4n) is 2.62. The first-order valence-corrected chi connectivity index (χ1v) is 9.73. The molecule has 148 valence electrons. The van der Waals surface area contributed by atoms with Gasteiger partial charge in [-0.2, -0.15) is 0 Å². The van der Waals surface area contributed by atoms with Gasteiger partial charge in [0.15, 0.2) is 0 Å². The monoisotopic (exact) mass is 408 g/mol. The summed E-state index contributed by atoms with van der Waals surface area (Å²) in [7, 11) is 0. The summed E-state index contributed by atoms with van der Waals surface area (Å²) >= 11 is 0.812. The number of anilines is 1. The van der Waals surface area contributed by atoms with Crippen LogP contribution in [0.1, 0.15) is 11.1 Å². The molecule has 29 heavy (non-hydrogen) atoms. The molecule has 3 rings (SSSR count). The van der Waals surface area contributed by atoms with Crippen molar-refractivity contribution in [2.45, 2.75) is 6.92 Å². The summed E-state index contributed by atoms with van der Waals surface area (Å²) in [6, 6.07) is 14.4. The number of hydrogen-bond acceptors (Lipinski definition) is 5. The van der Waals surface area contributed by atoms with Crippen LogP contribution in [0.5, 0.6) is 5.75 Å². The third-order valence-electron chi connectivity index (χ3n) is 4.03. The molecule has 1 saturated heterocycles. The zero-order chi connectivity index (χ0) is 20.8. The summed E-state index contributed by atoms with van der Waals surface area (Å²) in [5, 5.41) is 2.22. The van der Waals surface area contributed by atoms with Crippen molar-refractivity contribution >= 4 is 40.6 Å². The number of thioether (sulfide) groups is 1. The molecule has 0 atom stereocenters. The molecule has 0 aliphatic carbocycles. The Morgan fingerprint density at radius 3 is 2.69 bits per heavy atom. The van der Waals surface area contributed by atoms with Crippen molar-refractivity contribution in [3.8, 4) is 5.75 Å². The molecular formula is C22H20N2O4S. The Kier molecular flexibility index (Phi) is 6.51. The van der Waals surface area contributed by atoms with Crippen LogP contribution in [-0.2, 0) is 9.59 Å². The predicted octanol–water partition coefficient (Wildman–Crippen LogP) is 4.23. The number of carbonyl (C=O) groups is 3. The van der Waals surface area contributed by atoms with E-state index in [0.29, 0.717) is 18.0 Å². The SMILES string of the molecule is C=CCOc1cccc(/C=C2/SC(=O)N(CC(=O)Nc3ccc(C)cc3)C2=O)c1. The van der Waals surface area contributed by atoms with Gasteiger partial charge in [-0.1, -0.05) is 42.5 Å². The van der Waals surface area contributed by atoms with E-state index in [4.69, 9.17) is 4.74 Å². The first-order chi connectivity index (χ1) is 14.0. The van der Waals surface area contributed by atoms with Gasteiger partial charge in [-0.3, -0.25) is 19.3 Å². The summed E-state index contributed by atoms with van der Waals surface area (Å²) in [5.41, 5.74) is 2.40. The van der Waals surface area contributed by atoms with E-state index in [1.807, 2.05) is 19.1 Å². The van der Waals surface area contributed by atoms with Crippen molar-refractivity contribution in [3.05, 3.63) is 77.2 Å². The number of carbonyl (C=O) groups excluding carboxylic acids is 3. The van der Waals surface area contributed by atoms with Gasteiger partial charge in [-0.05, 0) is 54.6 Å². The van der Waals surface area contributed by atoms with Crippen molar-refractivity contribution < 1.29 is 19.1 Å². The van der Waals surface area contributed by atoms with Gasteiger partial charge in [0.1, 0.15) is 18.9 Å². The fraction of sp³-hybridized carbons (Fsp3) is 0.136. The lowest BCUT2D eigenvalue weighted by Gasteiger charge is -2.12. The smallest absolute Gasteiger partial charge is 0.294 e. The van der Waals surface area contributed by atoms with Gasteiger partial charge < -0.3 is 10.1 Å². The number of hydrogen-bond donors (Lipinski definition) is 1. The minimum absolute atomic E-state index is 0.263. The molecule has 1 N–H and O–H groups in total. The number of aryl methyl sites for hydroxylation is 1. The van der Waals surface area contributed by atoms with Crippen LogP contribution in [0.25, 0.3) is 6.08 Å². The van der Waals surface area contributed by atoms with Crippen LogP contribution in [-0.4, -0.2) is 35.1 Å². The van der Waals surface area contributed by atoms with Crippen LogP contribution in [0.3, 0.4) is 0 Å². The summed E-state index contributed by atoms with van der Waals surface area (Å²) in [6.07, 6.45) is 3.25. The van der Waals surface area contributed by atoms with Crippen molar-refractivity contribution in [2.75, 3.05) is 18.5 Å². The van der Waals surface area contributed by atoms with Gasteiger partial charge in [0.05, 0.1) is 4.91 Å². The van der Waals surface area contributed by atoms with Crippen LogP contribution in [0, 0.1) is 6.92 Å². The average molecular weight is 408 g/mol. The Hall–Kier alpha value is -3.32. The summed E-state index contributed by atoms with van der Waals surface area (Å²) in [5.74, 6) is -0.288. The number of nitrogens with zero attached hydrogens (tertiary/aromatic N) is 1. The molecule has 0 aromatic heterocycles. The third-order valence-corrected chi connectivity index (χ3v) is 4.94. The maximum Gasteiger partial charge on any atom is 0.294 e. The van der Waals surface area contributed by atoms with Gasteiger partial charge in [-0.15, -0.1) is 0 Å². The maximum absolute atomic E-state index is 12.6. The normalized spacial score (nSPS) is 14.9. The predicted molar refractivity (Wildman–Crippen MR) is 115 cm³/mol. The Morgan fingerprint density at radius 2 is 1.97 bits per heavy atom. The topological polar surface area (TPSA) is 75.7 Å². The molecule has 1 heterocycles. The zero-order valence-electron chi connectivity index (χ0n) is 15.9. The minimum Gasteiger partial charge on any atom is -0.490 e. The van der Waals surface area contributed by atoms with Gasteiger partial charge in [0, 0.05) is 5.69 Å². The largest absolute Gasteiger partial charge is 0.490 e. The lowest BCUT2D eigenvalue weighted by molar-refractivity contribution is -0.127. The summed E-state index contributed by atoms with van der Waals surface area (Å²) in [4.78, 5) is 38.3. The van der Waals surface area contributed by atoms with Crippen LogP contribution >= 0.6 is 11.8 Å². The zero-order valence-corrected chi connectivity index (χ0v) is 16.7. The standard InChI is InChI=1S/C22H20N2O4S/c1-3-11-28-18-6-4-5-16(12-18)13-19-21(26)24(22(27)29-19)14-20(25)23-17-9-7-15(2)8-10-17/h3-10,12-13H,1,11,14H2,2H3,(H,23,25)/b19-13+. The first-order valence-electron chi connectivity index (χ1n) is 8.92. The van der Waals surface area contributed by atoms with Crippen LogP contribution in [0.4, 0.5) is 10.5 Å². The number of rotatable bonds is 7. The highest BCUT2D eigenvalue weighted by Gasteiger charge is 2.36. The second-order valence-electron chi connectivity index (χ2n) is 6.35. The molecule has 2 aromatic rings. The van der Waals surface area contributed by atoms with Crippen molar-refractivity contribution in [3.63, 3.8) is 0 Å². The first kappa shape index (κ1) is 20.4. The third kappa shape index (κ3) is 5.36. The highest BCUT2D eigenvalue weighted by atomic mass is 32.2. The molecule has 0 spiro atoms. The number of nitrogens with one attached hydrogen (secondary N) is 1. The Balaban J connectivity index is 1.67. The van der Waals surface area contributed by atoms with Crippen LogP contribution < -0.4 is 10.1 Å². The average Bonchev–Trinajstić information content (AvgIpc) is 2.96. The lowest BCUT2D eigenvalue weighted by Crippen LogP contribution is -2.36. The number of benzene rings is 2. The summed E-state index contributed by atoms with van der Waals surface area (Å²) in [6.45, 7) is 5.58. The Morgan fingerprint density at radius 1 is 1.21 bits per heavy atom. The molecule has 6 nitrogen and oxygen atoms in total.